The number of sulfone groups is 1. The van der Waals surface area contributed by atoms with Crippen LogP contribution in [-0.4, -0.2) is 57.5 Å². The number of nitrogens with zero attached hydrogens (tertiary/aromatic N) is 1. The number of anilines is 1. The molecule has 25 heavy (non-hydrogen) atoms. The SMILES string of the molecule is CCN(CC)c1ccc(C(=O)OCC(=O)NC2CCS(=O)(=O)C2)cc1. The van der Waals surface area contributed by atoms with Gasteiger partial charge in [-0.2, -0.15) is 0 Å². The normalized spacial score (nSPS) is 18.6. The molecule has 0 spiro atoms. The lowest BCUT2D eigenvalue weighted by atomic mass is 10.2. The first-order valence-electron chi connectivity index (χ1n) is 8.36. The molecule has 1 aromatic carbocycles. The maximum Gasteiger partial charge on any atom is 0.338 e. The van der Waals surface area contributed by atoms with Crippen LogP contribution in [0.25, 0.3) is 0 Å². The van der Waals surface area contributed by atoms with E-state index >= 15 is 0 Å². The van der Waals surface area contributed by atoms with E-state index in [0.717, 1.165) is 18.8 Å². The minimum atomic E-state index is -3.06. The summed E-state index contributed by atoms with van der Waals surface area (Å²) in [7, 11) is -3.06. The van der Waals surface area contributed by atoms with Crippen LogP contribution in [0.3, 0.4) is 0 Å². The summed E-state index contributed by atoms with van der Waals surface area (Å²) in [4.78, 5) is 25.9. The first-order chi connectivity index (χ1) is 11.8. The molecule has 0 aliphatic carbocycles. The fourth-order valence-corrected chi connectivity index (χ4v) is 4.46. The maximum atomic E-state index is 12.0. The molecule has 138 valence electrons. The van der Waals surface area contributed by atoms with Crippen molar-refractivity contribution in [2.24, 2.45) is 0 Å². The summed E-state index contributed by atoms with van der Waals surface area (Å²) in [5.41, 5.74) is 1.38. The summed E-state index contributed by atoms with van der Waals surface area (Å²) in [5.74, 6) is -1.05. The number of benzene rings is 1. The molecule has 1 N–H and O–H groups in total. The van der Waals surface area contributed by atoms with E-state index in [1.807, 2.05) is 12.1 Å². The molecule has 0 bridgehead atoms. The van der Waals surface area contributed by atoms with Crippen molar-refractivity contribution in [2.75, 3.05) is 36.1 Å². The minimum absolute atomic E-state index is 0.0560. The van der Waals surface area contributed by atoms with E-state index in [4.69, 9.17) is 4.74 Å². The van der Waals surface area contributed by atoms with Crippen molar-refractivity contribution in [1.29, 1.82) is 0 Å². The van der Waals surface area contributed by atoms with Gasteiger partial charge in [0.1, 0.15) is 0 Å². The van der Waals surface area contributed by atoms with E-state index in [2.05, 4.69) is 24.1 Å². The van der Waals surface area contributed by atoms with Crippen LogP contribution < -0.4 is 10.2 Å². The van der Waals surface area contributed by atoms with Gasteiger partial charge < -0.3 is 15.0 Å². The zero-order valence-corrected chi connectivity index (χ0v) is 15.3. The lowest BCUT2D eigenvalue weighted by Gasteiger charge is -2.20. The Morgan fingerprint density at radius 3 is 2.36 bits per heavy atom. The van der Waals surface area contributed by atoms with E-state index in [9.17, 15) is 18.0 Å². The quantitative estimate of drug-likeness (QED) is 0.722. The average Bonchev–Trinajstić information content (AvgIpc) is 2.93. The smallest absolute Gasteiger partial charge is 0.338 e. The highest BCUT2D eigenvalue weighted by molar-refractivity contribution is 7.91. The first-order valence-corrected chi connectivity index (χ1v) is 10.2. The second-order valence-corrected chi connectivity index (χ2v) is 8.19. The number of ether oxygens (including phenoxy) is 1. The summed E-state index contributed by atoms with van der Waals surface area (Å²) < 4.78 is 27.7. The minimum Gasteiger partial charge on any atom is -0.452 e. The van der Waals surface area contributed by atoms with Crippen molar-refractivity contribution in [2.45, 2.75) is 26.3 Å². The van der Waals surface area contributed by atoms with Crippen LogP contribution in [0.2, 0.25) is 0 Å². The number of nitrogens with one attached hydrogen (secondary N) is 1. The Balaban J connectivity index is 1.82. The number of hydrogen-bond donors (Lipinski definition) is 1. The van der Waals surface area contributed by atoms with Gasteiger partial charge in [-0.3, -0.25) is 4.79 Å². The van der Waals surface area contributed by atoms with E-state index < -0.39 is 34.4 Å². The summed E-state index contributed by atoms with van der Waals surface area (Å²) in [6.45, 7) is 5.43. The van der Waals surface area contributed by atoms with Gasteiger partial charge in [-0.25, -0.2) is 13.2 Å². The van der Waals surface area contributed by atoms with Crippen LogP contribution in [0, 0.1) is 0 Å². The molecule has 0 saturated carbocycles. The van der Waals surface area contributed by atoms with Gasteiger partial charge in [0.25, 0.3) is 5.91 Å². The topological polar surface area (TPSA) is 92.8 Å². The standard InChI is InChI=1S/C17H24N2O5S/c1-3-19(4-2)15-7-5-13(6-8-15)17(21)24-11-16(20)18-14-9-10-25(22,23)12-14/h5-8,14H,3-4,9-12H2,1-2H3,(H,18,20). The summed E-state index contributed by atoms with van der Waals surface area (Å²) in [5, 5.41) is 2.58. The van der Waals surface area contributed by atoms with E-state index in [0.29, 0.717) is 12.0 Å². The predicted molar refractivity (Wildman–Crippen MR) is 95.5 cm³/mol. The number of rotatable bonds is 7. The van der Waals surface area contributed by atoms with Crippen LogP contribution >= 0.6 is 0 Å². The van der Waals surface area contributed by atoms with Crippen molar-refractivity contribution < 1.29 is 22.7 Å². The average molecular weight is 368 g/mol. The Morgan fingerprint density at radius 2 is 1.84 bits per heavy atom. The molecule has 1 aliphatic heterocycles. The van der Waals surface area contributed by atoms with Gasteiger partial charge in [-0.05, 0) is 44.5 Å². The first kappa shape index (κ1) is 19.2. The summed E-state index contributed by atoms with van der Waals surface area (Å²) >= 11 is 0. The van der Waals surface area contributed by atoms with Gasteiger partial charge in [0, 0.05) is 24.8 Å². The third-order valence-corrected chi connectivity index (χ3v) is 5.93. The van der Waals surface area contributed by atoms with Gasteiger partial charge in [0.2, 0.25) is 0 Å². The third kappa shape index (κ3) is 5.45. The fraction of sp³-hybridized carbons (Fsp3) is 0.529. The third-order valence-electron chi connectivity index (χ3n) is 4.16. The molecule has 8 heteroatoms. The molecule has 1 aromatic rings. The summed E-state index contributed by atoms with van der Waals surface area (Å²) in [6.07, 6.45) is 0.398. The van der Waals surface area contributed by atoms with Crippen molar-refractivity contribution in [3.05, 3.63) is 29.8 Å². The van der Waals surface area contributed by atoms with E-state index in [1.165, 1.54) is 0 Å². The molecule has 2 rings (SSSR count). The molecule has 1 aliphatic rings. The molecule has 1 fully saturated rings. The van der Waals surface area contributed by atoms with Crippen molar-refractivity contribution in [3.8, 4) is 0 Å². The van der Waals surface area contributed by atoms with E-state index in [1.54, 1.807) is 12.1 Å². The Morgan fingerprint density at radius 1 is 1.20 bits per heavy atom. The highest BCUT2D eigenvalue weighted by Crippen LogP contribution is 2.15. The second-order valence-electron chi connectivity index (χ2n) is 5.96. The Labute approximate surface area is 148 Å². The van der Waals surface area contributed by atoms with Gasteiger partial charge in [-0.1, -0.05) is 0 Å². The van der Waals surface area contributed by atoms with Crippen LogP contribution in [0.15, 0.2) is 24.3 Å². The van der Waals surface area contributed by atoms with Crippen LogP contribution in [-0.2, 0) is 19.4 Å². The zero-order chi connectivity index (χ0) is 18.4. The number of amides is 1. The summed E-state index contributed by atoms with van der Waals surface area (Å²) in [6, 6.07) is 6.61. The van der Waals surface area contributed by atoms with Crippen LogP contribution in [0.4, 0.5) is 5.69 Å². The van der Waals surface area contributed by atoms with Gasteiger partial charge in [0.15, 0.2) is 16.4 Å². The predicted octanol–water partition coefficient (Wildman–Crippen LogP) is 0.993. The number of hydrogen-bond acceptors (Lipinski definition) is 6. The molecule has 1 amide bonds. The fourth-order valence-electron chi connectivity index (χ4n) is 2.79. The van der Waals surface area contributed by atoms with Crippen LogP contribution in [0.1, 0.15) is 30.6 Å². The monoisotopic (exact) mass is 368 g/mol. The van der Waals surface area contributed by atoms with Crippen molar-refractivity contribution >= 4 is 27.4 Å². The Bertz CT molecular complexity index is 711. The van der Waals surface area contributed by atoms with E-state index in [-0.39, 0.29) is 11.5 Å². The van der Waals surface area contributed by atoms with Crippen molar-refractivity contribution in [1.82, 2.24) is 5.32 Å². The van der Waals surface area contributed by atoms with Gasteiger partial charge in [0.05, 0.1) is 17.1 Å². The molecule has 7 nitrogen and oxygen atoms in total. The lowest BCUT2D eigenvalue weighted by Crippen LogP contribution is -2.38. The highest BCUT2D eigenvalue weighted by atomic mass is 32.2. The molecule has 1 atom stereocenters. The maximum absolute atomic E-state index is 12.0. The van der Waals surface area contributed by atoms with Crippen LogP contribution in [0.5, 0.6) is 0 Å². The molecule has 1 saturated heterocycles. The number of carbonyl (C=O) groups excluding carboxylic acids is 2. The number of carbonyl (C=O) groups is 2. The second kappa shape index (κ2) is 8.33. The molecule has 0 aromatic heterocycles. The molecule has 1 unspecified atom stereocenters. The zero-order valence-electron chi connectivity index (χ0n) is 14.5. The molecular formula is C17H24N2O5S. The Hall–Kier alpha value is -2.09. The van der Waals surface area contributed by atoms with Gasteiger partial charge >= 0.3 is 5.97 Å². The number of esters is 1. The molecule has 0 radical (unpaired) electrons. The molecule has 1 heterocycles. The van der Waals surface area contributed by atoms with Gasteiger partial charge in [-0.15, -0.1) is 0 Å². The lowest BCUT2D eigenvalue weighted by molar-refractivity contribution is -0.124. The highest BCUT2D eigenvalue weighted by Gasteiger charge is 2.29. The molecular weight excluding hydrogens is 344 g/mol. The Kier molecular flexibility index (Phi) is 6.41. The largest absolute Gasteiger partial charge is 0.452 e. The van der Waals surface area contributed by atoms with Crippen molar-refractivity contribution in [3.63, 3.8) is 0 Å².